The number of ether oxygens (including phenoxy) is 1. The van der Waals surface area contributed by atoms with Crippen LogP contribution >= 0.6 is 0 Å². The summed E-state index contributed by atoms with van der Waals surface area (Å²) < 4.78 is 5.36. The number of rotatable bonds is 2. The monoisotopic (exact) mass is 317 g/mol. The third-order valence-corrected chi connectivity index (χ3v) is 4.19. The molecule has 0 fully saturated rings. The SMILES string of the molecule is CC(=O)Nc1ccc2ccc3c(OC(C)=O)ccc4ccc1c2c43. The lowest BCUT2D eigenvalue weighted by atomic mass is 9.93. The molecule has 0 atom stereocenters. The van der Waals surface area contributed by atoms with E-state index in [4.69, 9.17) is 4.74 Å². The van der Waals surface area contributed by atoms with Gasteiger partial charge in [-0.05, 0) is 34.4 Å². The number of hydrogen-bond acceptors (Lipinski definition) is 3. The molecule has 24 heavy (non-hydrogen) atoms. The molecule has 0 heterocycles. The Morgan fingerprint density at radius 3 is 2.04 bits per heavy atom. The van der Waals surface area contributed by atoms with Gasteiger partial charge in [-0.1, -0.05) is 30.3 Å². The predicted molar refractivity (Wildman–Crippen MR) is 95.8 cm³/mol. The Labute approximate surface area is 138 Å². The zero-order valence-electron chi connectivity index (χ0n) is 13.3. The van der Waals surface area contributed by atoms with Gasteiger partial charge in [0, 0.05) is 35.7 Å². The first-order valence-electron chi connectivity index (χ1n) is 7.71. The Kier molecular flexibility index (Phi) is 3.13. The zero-order chi connectivity index (χ0) is 16.8. The second-order valence-corrected chi connectivity index (χ2v) is 5.87. The lowest BCUT2D eigenvalue weighted by molar-refractivity contribution is -0.131. The number of anilines is 1. The molecule has 0 aliphatic rings. The van der Waals surface area contributed by atoms with E-state index in [0.29, 0.717) is 5.75 Å². The fourth-order valence-electron chi connectivity index (χ4n) is 3.32. The molecule has 4 heteroatoms. The number of benzene rings is 4. The lowest BCUT2D eigenvalue weighted by Crippen LogP contribution is -2.06. The van der Waals surface area contributed by atoms with E-state index in [1.807, 2.05) is 48.5 Å². The molecule has 1 amide bonds. The lowest BCUT2D eigenvalue weighted by Gasteiger charge is -2.15. The molecule has 0 saturated heterocycles. The summed E-state index contributed by atoms with van der Waals surface area (Å²) in [5, 5.41) is 8.99. The highest BCUT2D eigenvalue weighted by Crippen LogP contribution is 2.40. The largest absolute Gasteiger partial charge is 0.426 e. The van der Waals surface area contributed by atoms with Gasteiger partial charge in [0.2, 0.25) is 5.91 Å². The minimum absolute atomic E-state index is 0.106. The highest BCUT2D eigenvalue weighted by Gasteiger charge is 2.14. The topological polar surface area (TPSA) is 55.4 Å². The summed E-state index contributed by atoms with van der Waals surface area (Å²) in [7, 11) is 0. The molecular formula is C20H15NO3. The molecule has 0 saturated carbocycles. The second kappa shape index (κ2) is 5.20. The maximum Gasteiger partial charge on any atom is 0.308 e. The van der Waals surface area contributed by atoms with Crippen molar-refractivity contribution in [2.45, 2.75) is 13.8 Å². The van der Waals surface area contributed by atoms with Crippen molar-refractivity contribution in [2.24, 2.45) is 0 Å². The van der Waals surface area contributed by atoms with Gasteiger partial charge in [-0.15, -0.1) is 0 Å². The quantitative estimate of drug-likeness (QED) is 0.337. The number of carbonyl (C=O) groups excluding carboxylic acids is 2. The van der Waals surface area contributed by atoms with Gasteiger partial charge in [-0.2, -0.15) is 0 Å². The van der Waals surface area contributed by atoms with Gasteiger partial charge in [0.05, 0.1) is 0 Å². The van der Waals surface area contributed by atoms with Crippen LogP contribution in [0.1, 0.15) is 13.8 Å². The summed E-state index contributed by atoms with van der Waals surface area (Å²) in [6.45, 7) is 2.89. The predicted octanol–water partition coefficient (Wildman–Crippen LogP) is 4.47. The van der Waals surface area contributed by atoms with Crippen LogP contribution in [0.3, 0.4) is 0 Å². The van der Waals surface area contributed by atoms with E-state index in [1.165, 1.54) is 13.8 Å². The molecule has 4 aromatic carbocycles. The number of hydrogen-bond donors (Lipinski definition) is 1. The fraction of sp³-hybridized carbons (Fsp3) is 0.100. The van der Waals surface area contributed by atoms with Crippen molar-refractivity contribution >= 4 is 49.9 Å². The van der Waals surface area contributed by atoms with Crippen molar-refractivity contribution in [1.82, 2.24) is 0 Å². The van der Waals surface area contributed by atoms with Crippen molar-refractivity contribution in [1.29, 1.82) is 0 Å². The third-order valence-electron chi connectivity index (χ3n) is 4.19. The fourth-order valence-corrected chi connectivity index (χ4v) is 3.32. The van der Waals surface area contributed by atoms with Crippen LogP contribution in [0, 0.1) is 0 Å². The Hall–Kier alpha value is -3.14. The molecule has 4 rings (SSSR count). The van der Waals surface area contributed by atoms with Gasteiger partial charge in [-0.3, -0.25) is 9.59 Å². The van der Waals surface area contributed by atoms with E-state index in [1.54, 1.807) is 0 Å². The van der Waals surface area contributed by atoms with Gasteiger partial charge >= 0.3 is 5.97 Å². The van der Waals surface area contributed by atoms with Gasteiger partial charge < -0.3 is 10.1 Å². The van der Waals surface area contributed by atoms with Crippen LogP contribution in [0.5, 0.6) is 5.75 Å². The van der Waals surface area contributed by atoms with E-state index in [9.17, 15) is 9.59 Å². The van der Waals surface area contributed by atoms with Crippen molar-refractivity contribution in [2.75, 3.05) is 5.32 Å². The summed E-state index contributed by atoms with van der Waals surface area (Å²) in [6, 6.07) is 15.7. The zero-order valence-corrected chi connectivity index (χ0v) is 13.3. The number of esters is 1. The first kappa shape index (κ1) is 14.5. The average molecular weight is 317 g/mol. The number of amides is 1. The average Bonchev–Trinajstić information content (AvgIpc) is 2.54. The highest BCUT2D eigenvalue weighted by molar-refractivity contribution is 6.26. The van der Waals surface area contributed by atoms with Gasteiger partial charge in [-0.25, -0.2) is 0 Å². The molecule has 0 spiro atoms. The molecule has 0 aromatic heterocycles. The summed E-state index contributed by atoms with van der Waals surface area (Å²) in [5.74, 6) is 0.101. The van der Waals surface area contributed by atoms with Crippen molar-refractivity contribution in [3.8, 4) is 5.75 Å². The Bertz CT molecular complexity index is 1020. The van der Waals surface area contributed by atoms with Crippen LogP contribution in [0.2, 0.25) is 0 Å². The summed E-state index contributed by atoms with van der Waals surface area (Å²) in [5.41, 5.74) is 0.780. The van der Waals surface area contributed by atoms with Crippen LogP contribution in [0.15, 0.2) is 48.5 Å². The molecule has 0 unspecified atom stereocenters. The van der Waals surface area contributed by atoms with Crippen molar-refractivity contribution < 1.29 is 14.3 Å². The highest BCUT2D eigenvalue weighted by atomic mass is 16.5. The van der Waals surface area contributed by atoms with Gasteiger partial charge in [0.1, 0.15) is 5.75 Å². The minimum Gasteiger partial charge on any atom is -0.426 e. The molecule has 4 aromatic rings. The Morgan fingerprint density at radius 1 is 0.792 bits per heavy atom. The maximum absolute atomic E-state index is 11.5. The molecule has 118 valence electrons. The van der Waals surface area contributed by atoms with Crippen LogP contribution in [-0.4, -0.2) is 11.9 Å². The van der Waals surface area contributed by atoms with E-state index in [0.717, 1.165) is 38.0 Å². The Morgan fingerprint density at radius 2 is 1.38 bits per heavy atom. The normalized spacial score (nSPS) is 11.2. The Balaban J connectivity index is 2.13. The molecule has 0 radical (unpaired) electrons. The van der Waals surface area contributed by atoms with E-state index in [-0.39, 0.29) is 11.9 Å². The van der Waals surface area contributed by atoms with E-state index < -0.39 is 0 Å². The molecule has 0 aliphatic carbocycles. The van der Waals surface area contributed by atoms with Crippen LogP contribution in [-0.2, 0) is 9.59 Å². The third kappa shape index (κ3) is 2.15. The second-order valence-electron chi connectivity index (χ2n) is 5.87. The summed E-state index contributed by atoms with van der Waals surface area (Å²) in [4.78, 5) is 22.9. The first-order chi connectivity index (χ1) is 11.5. The molecule has 0 bridgehead atoms. The van der Waals surface area contributed by atoms with Gasteiger partial charge in [0.15, 0.2) is 0 Å². The van der Waals surface area contributed by atoms with Crippen LogP contribution in [0.4, 0.5) is 5.69 Å². The van der Waals surface area contributed by atoms with Gasteiger partial charge in [0.25, 0.3) is 0 Å². The van der Waals surface area contributed by atoms with E-state index >= 15 is 0 Å². The smallest absolute Gasteiger partial charge is 0.308 e. The van der Waals surface area contributed by atoms with E-state index in [2.05, 4.69) is 5.32 Å². The molecule has 4 nitrogen and oxygen atoms in total. The summed E-state index contributed by atoms with van der Waals surface area (Å²) >= 11 is 0. The van der Waals surface area contributed by atoms with Crippen molar-refractivity contribution in [3.05, 3.63) is 48.5 Å². The molecule has 1 N–H and O–H groups in total. The van der Waals surface area contributed by atoms with Crippen molar-refractivity contribution in [3.63, 3.8) is 0 Å². The first-order valence-corrected chi connectivity index (χ1v) is 7.71. The summed E-state index contributed by atoms with van der Waals surface area (Å²) in [6.07, 6.45) is 0. The van der Waals surface area contributed by atoms with Crippen LogP contribution in [0.25, 0.3) is 32.3 Å². The maximum atomic E-state index is 11.5. The minimum atomic E-state index is -0.344. The molecular weight excluding hydrogens is 302 g/mol. The number of carbonyl (C=O) groups is 2. The molecule has 0 aliphatic heterocycles. The van der Waals surface area contributed by atoms with Crippen LogP contribution < -0.4 is 10.1 Å². The number of nitrogens with one attached hydrogen (secondary N) is 1. The standard InChI is InChI=1S/C20H15NO3/c1-11(22)21-17-9-5-13-4-8-16-18(24-12(2)23)10-6-14-3-7-15(17)19(13)20(14)16/h3-10H,1-2H3,(H,21,22).